The van der Waals surface area contributed by atoms with Crippen LogP contribution in [-0.4, -0.2) is 35.6 Å². The molecule has 0 aliphatic carbocycles. The Morgan fingerprint density at radius 1 is 1.42 bits per heavy atom. The molecule has 1 aliphatic heterocycles. The SMILES string of the molecule is CCC1CCN(S(=O)(=O)NCc2ccnn2C)CC1. The van der Waals surface area contributed by atoms with Crippen molar-refractivity contribution >= 4 is 10.2 Å². The van der Waals surface area contributed by atoms with Crippen molar-refractivity contribution < 1.29 is 8.42 Å². The summed E-state index contributed by atoms with van der Waals surface area (Å²) in [6.45, 7) is 3.69. The lowest BCUT2D eigenvalue weighted by Crippen LogP contribution is -2.44. The Morgan fingerprint density at radius 3 is 2.63 bits per heavy atom. The minimum atomic E-state index is -3.37. The maximum atomic E-state index is 12.2. The molecule has 0 unspecified atom stereocenters. The summed E-state index contributed by atoms with van der Waals surface area (Å²) >= 11 is 0. The van der Waals surface area contributed by atoms with Crippen LogP contribution in [0.1, 0.15) is 31.9 Å². The van der Waals surface area contributed by atoms with E-state index in [0.717, 1.165) is 25.0 Å². The second-order valence-electron chi connectivity index (χ2n) is 5.02. The van der Waals surface area contributed by atoms with Crippen molar-refractivity contribution in [3.63, 3.8) is 0 Å². The van der Waals surface area contributed by atoms with Crippen LogP contribution in [0.5, 0.6) is 0 Å². The van der Waals surface area contributed by atoms with Crippen molar-refractivity contribution in [3.8, 4) is 0 Å². The molecule has 0 atom stereocenters. The van der Waals surface area contributed by atoms with Gasteiger partial charge in [-0.2, -0.15) is 22.5 Å². The van der Waals surface area contributed by atoms with Gasteiger partial charge < -0.3 is 0 Å². The molecule has 0 amide bonds. The van der Waals surface area contributed by atoms with E-state index in [1.54, 1.807) is 22.2 Å². The Bertz CT molecular complexity index is 504. The van der Waals surface area contributed by atoms with E-state index in [4.69, 9.17) is 0 Å². The van der Waals surface area contributed by atoms with E-state index in [1.807, 2.05) is 6.07 Å². The monoisotopic (exact) mass is 286 g/mol. The van der Waals surface area contributed by atoms with E-state index < -0.39 is 10.2 Å². The molecule has 0 spiro atoms. The van der Waals surface area contributed by atoms with Crippen LogP contribution in [0.25, 0.3) is 0 Å². The fraction of sp³-hybridized carbons (Fsp3) is 0.750. The van der Waals surface area contributed by atoms with Crippen LogP contribution in [0, 0.1) is 5.92 Å². The molecule has 19 heavy (non-hydrogen) atoms. The lowest BCUT2D eigenvalue weighted by molar-refractivity contribution is 0.266. The first kappa shape index (κ1) is 14.5. The lowest BCUT2D eigenvalue weighted by Gasteiger charge is -2.30. The van der Waals surface area contributed by atoms with Crippen molar-refractivity contribution in [2.75, 3.05) is 13.1 Å². The van der Waals surface area contributed by atoms with E-state index in [2.05, 4.69) is 16.7 Å². The molecule has 2 rings (SSSR count). The topological polar surface area (TPSA) is 67.2 Å². The van der Waals surface area contributed by atoms with Crippen LogP contribution >= 0.6 is 0 Å². The van der Waals surface area contributed by atoms with Crippen molar-refractivity contribution in [1.82, 2.24) is 18.8 Å². The zero-order chi connectivity index (χ0) is 13.9. The summed E-state index contributed by atoms with van der Waals surface area (Å²) < 4.78 is 30.2. The maximum Gasteiger partial charge on any atom is 0.279 e. The third kappa shape index (κ3) is 3.55. The Hall–Kier alpha value is -0.920. The van der Waals surface area contributed by atoms with E-state index in [0.29, 0.717) is 19.0 Å². The van der Waals surface area contributed by atoms with Crippen molar-refractivity contribution in [1.29, 1.82) is 0 Å². The number of aryl methyl sites for hydroxylation is 1. The Kier molecular flexibility index (Phi) is 4.59. The number of hydrogen-bond acceptors (Lipinski definition) is 3. The van der Waals surface area contributed by atoms with E-state index in [-0.39, 0.29) is 6.54 Å². The summed E-state index contributed by atoms with van der Waals surface area (Å²) in [5.74, 6) is 0.670. The Labute approximate surface area is 115 Å². The fourth-order valence-electron chi connectivity index (χ4n) is 2.39. The van der Waals surface area contributed by atoms with E-state index in [1.165, 1.54) is 0 Å². The highest BCUT2D eigenvalue weighted by Crippen LogP contribution is 2.21. The molecule has 6 nitrogen and oxygen atoms in total. The van der Waals surface area contributed by atoms with Gasteiger partial charge in [-0.05, 0) is 24.8 Å². The summed E-state index contributed by atoms with van der Waals surface area (Å²) in [7, 11) is -1.56. The van der Waals surface area contributed by atoms with Gasteiger partial charge in [0.25, 0.3) is 10.2 Å². The number of rotatable bonds is 5. The molecule has 1 N–H and O–H groups in total. The number of hydrogen-bond donors (Lipinski definition) is 1. The molecule has 7 heteroatoms. The summed E-state index contributed by atoms with van der Waals surface area (Å²) in [5, 5.41) is 4.02. The van der Waals surface area contributed by atoms with Crippen LogP contribution in [-0.2, 0) is 23.8 Å². The molecule has 2 heterocycles. The Morgan fingerprint density at radius 2 is 2.11 bits per heavy atom. The molecule has 108 valence electrons. The van der Waals surface area contributed by atoms with Crippen LogP contribution in [0.3, 0.4) is 0 Å². The zero-order valence-electron chi connectivity index (χ0n) is 11.5. The van der Waals surface area contributed by atoms with Crippen molar-refractivity contribution in [2.45, 2.75) is 32.7 Å². The smallest absolute Gasteiger partial charge is 0.271 e. The fourth-order valence-corrected chi connectivity index (χ4v) is 3.59. The minimum Gasteiger partial charge on any atom is -0.271 e. The molecular weight excluding hydrogens is 264 g/mol. The average molecular weight is 286 g/mol. The van der Waals surface area contributed by atoms with E-state index in [9.17, 15) is 8.42 Å². The van der Waals surface area contributed by atoms with Crippen molar-refractivity contribution in [2.24, 2.45) is 13.0 Å². The van der Waals surface area contributed by atoms with Gasteiger partial charge in [0, 0.05) is 26.3 Å². The number of aromatic nitrogens is 2. The van der Waals surface area contributed by atoms with E-state index >= 15 is 0 Å². The molecular formula is C12H22N4O2S. The van der Waals surface area contributed by atoms with Gasteiger partial charge in [0.05, 0.1) is 12.2 Å². The predicted octanol–water partition coefficient (Wildman–Crippen LogP) is 0.876. The highest BCUT2D eigenvalue weighted by molar-refractivity contribution is 7.87. The molecule has 0 bridgehead atoms. The lowest BCUT2D eigenvalue weighted by atomic mass is 9.96. The van der Waals surface area contributed by atoms with Gasteiger partial charge in [-0.25, -0.2) is 0 Å². The van der Waals surface area contributed by atoms with Gasteiger partial charge in [-0.1, -0.05) is 13.3 Å². The van der Waals surface area contributed by atoms with Crippen LogP contribution < -0.4 is 4.72 Å². The van der Waals surface area contributed by atoms with Crippen molar-refractivity contribution in [3.05, 3.63) is 18.0 Å². The zero-order valence-corrected chi connectivity index (χ0v) is 12.4. The second-order valence-corrected chi connectivity index (χ2v) is 6.78. The van der Waals surface area contributed by atoms with Gasteiger partial charge in [0.1, 0.15) is 0 Å². The maximum absolute atomic E-state index is 12.2. The summed E-state index contributed by atoms with van der Waals surface area (Å²) in [6, 6.07) is 1.81. The molecule has 0 saturated carbocycles. The highest BCUT2D eigenvalue weighted by Gasteiger charge is 2.27. The first-order valence-electron chi connectivity index (χ1n) is 6.74. The molecule has 1 fully saturated rings. The van der Waals surface area contributed by atoms with Gasteiger partial charge in [0.15, 0.2) is 0 Å². The standard InChI is InChI=1S/C12H22N4O2S/c1-3-11-5-8-16(9-6-11)19(17,18)14-10-12-4-7-13-15(12)2/h4,7,11,14H,3,5-6,8-10H2,1-2H3. The Balaban J connectivity index is 1.90. The summed E-state index contributed by atoms with van der Waals surface area (Å²) in [4.78, 5) is 0. The average Bonchev–Trinajstić information content (AvgIpc) is 2.82. The first-order valence-corrected chi connectivity index (χ1v) is 8.18. The van der Waals surface area contributed by atoms with Crippen LogP contribution in [0.15, 0.2) is 12.3 Å². The quantitative estimate of drug-likeness (QED) is 0.873. The van der Waals surface area contributed by atoms with Gasteiger partial charge in [-0.15, -0.1) is 0 Å². The molecule has 0 aromatic carbocycles. The number of nitrogens with one attached hydrogen (secondary N) is 1. The van der Waals surface area contributed by atoms with Crippen LogP contribution in [0.4, 0.5) is 0 Å². The third-order valence-electron chi connectivity index (χ3n) is 3.85. The largest absolute Gasteiger partial charge is 0.279 e. The van der Waals surface area contributed by atoms with Gasteiger partial charge in [-0.3, -0.25) is 4.68 Å². The summed E-state index contributed by atoms with van der Waals surface area (Å²) in [5.41, 5.74) is 0.854. The van der Waals surface area contributed by atoms with Gasteiger partial charge in [0.2, 0.25) is 0 Å². The number of piperidine rings is 1. The normalized spacial score (nSPS) is 18.8. The summed E-state index contributed by atoms with van der Waals surface area (Å²) in [6.07, 6.45) is 4.72. The molecule has 1 aliphatic rings. The minimum absolute atomic E-state index is 0.284. The highest BCUT2D eigenvalue weighted by atomic mass is 32.2. The first-order chi connectivity index (χ1) is 9.03. The molecule has 0 radical (unpaired) electrons. The molecule has 1 saturated heterocycles. The molecule has 1 aromatic rings. The number of nitrogens with zero attached hydrogens (tertiary/aromatic N) is 3. The predicted molar refractivity (Wildman–Crippen MR) is 73.6 cm³/mol. The van der Waals surface area contributed by atoms with Crippen LogP contribution in [0.2, 0.25) is 0 Å². The molecule has 1 aromatic heterocycles. The van der Waals surface area contributed by atoms with Gasteiger partial charge >= 0.3 is 0 Å². The second kappa shape index (κ2) is 6.02. The third-order valence-corrected chi connectivity index (χ3v) is 5.40.